The Kier molecular flexibility index (Phi) is 6.07. The molecule has 0 unspecified atom stereocenters. The number of nitrogens with zero attached hydrogens (tertiary/aromatic N) is 2. The Morgan fingerprint density at radius 1 is 1.17 bits per heavy atom. The second-order valence-corrected chi connectivity index (χ2v) is 7.11. The topological polar surface area (TPSA) is 94.5 Å². The molecule has 29 heavy (non-hydrogen) atoms. The molecule has 1 atom stereocenters. The number of thioether (sulfide) groups is 1. The summed E-state index contributed by atoms with van der Waals surface area (Å²) in [5.74, 6) is -0.999. The van der Waals surface area contributed by atoms with Gasteiger partial charge >= 0.3 is 11.9 Å². The maximum Gasteiger partial charge on any atom is 0.345 e. The van der Waals surface area contributed by atoms with Crippen LogP contribution in [0.1, 0.15) is 25.5 Å². The summed E-state index contributed by atoms with van der Waals surface area (Å²) in [6.45, 7) is 3.58. The lowest BCUT2D eigenvalue weighted by Crippen LogP contribution is -2.44. The molecule has 2 heterocycles. The van der Waals surface area contributed by atoms with Crippen molar-refractivity contribution in [1.29, 1.82) is 0 Å². The van der Waals surface area contributed by atoms with Gasteiger partial charge in [-0.2, -0.15) is 0 Å². The molecule has 0 N–H and O–H groups in total. The van der Waals surface area contributed by atoms with Crippen LogP contribution in [-0.2, 0) is 23.9 Å². The van der Waals surface area contributed by atoms with E-state index in [1.54, 1.807) is 45.2 Å². The molecule has 2 aliphatic rings. The Hall–Kier alpha value is -3.07. The number of carbonyl (C=O) groups excluding carboxylic acids is 3. The number of hydrogen-bond acceptors (Lipinski definition) is 8. The third-order valence-electron chi connectivity index (χ3n) is 4.40. The number of amides is 1. The highest BCUT2D eigenvalue weighted by Gasteiger charge is 2.42. The molecule has 0 saturated carbocycles. The number of aliphatic imine (C=N–C) groups is 1. The predicted molar refractivity (Wildman–Crippen MR) is 107 cm³/mol. The molecule has 0 aliphatic carbocycles. The van der Waals surface area contributed by atoms with Gasteiger partial charge in [0.1, 0.15) is 10.7 Å². The Bertz CT molecular complexity index is 948. The minimum atomic E-state index is -0.747. The average Bonchev–Trinajstić information content (AvgIpc) is 2.72. The van der Waals surface area contributed by atoms with E-state index in [-0.39, 0.29) is 17.1 Å². The molecule has 8 nitrogen and oxygen atoms in total. The van der Waals surface area contributed by atoms with E-state index in [1.165, 1.54) is 18.1 Å². The highest BCUT2D eigenvalue weighted by molar-refractivity contribution is 8.18. The largest absolute Gasteiger partial charge is 0.497 e. The lowest BCUT2D eigenvalue weighted by atomic mass is 9.94. The van der Waals surface area contributed by atoms with Gasteiger partial charge in [-0.25, -0.2) is 14.6 Å². The van der Waals surface area contributed by atoms with Gasteiger partial charge in [0.25, 0.3) is 5.91 Å². The van der Waals surface area contributed by atoms with Crippen LogP contribution in [0.3, 0.4) is 0 Å². The summed E-state index contributed by atoms with van der Waals surface area (Å²) < 4.78 is 15.1. The van der Waals surface area contributed by atoms with Crippen LogP contribution >= 0.6 is 11.8 Å². The zero-order valence-corrected chi connectivity index (χ0v) is 17.2. The average molecular weight is 416 g/mol. The summed E-state index contributed by atoms with van der Waals surface area (Å²) in [6.07, 6.45) is 1.19. The number of carbonyl (C=O) groups is 3. The van der Waals surface area contributed by atoms with Gasteiger partial charge in [-0.05, 0) is 43.3 Å². The van der Waals surface area contributed by atoms with Gasteiger partial charge in [-0.15, -0.1) is 0 Å². The molecule has 2 aliphatic heterocycles. The van der Waals surface area contributed by atoms with Crippen molar-refractivity contribution in [2.75, 3.05) is 20.8 Å². The molecule has 3 rings (SSSR count). The van der Waals surface area contributed by atoms with Crippen molar-refractivity contribution >= 4 is 34.8 Å². The molecule has 1 amide bonds. The molecule has 152 valence electrons. The number of hydrogen-bond donors (Lipinski definition) is 0. The summed E-state index contributed by atoms with van der Waals surface area (Å²) in [4.78, 5) is 43.5. The van der Waals surface area contributed by atoms with Gasteiger partial charge in [0.15, 0.2) is 5.17 Å². The second kappa shape index (κ2) is 8.52. The first-order valence-electron chi connectivity index (χ1n) is 8.82. The second-order valence-electron chi connectivity index (χ2n) is 6.10. The van der Waals surface area contributed by atoms with Gasteiger partial charge < -0.3 is 14.2 Å². The fourth-order valence-corrected chi connectivity index (χ4v) is 4.07. The third-order valence-corrected chi connectivity index (χ3v) is 5.37. The first-order valence-corrected chi connectivity index (χ1v) is 9.64. The Balaban J connectivity index is 2.14. The number of benzene rings is 1. The van der Waals surface area contributed by atoms with E-state index in [9.17, 15) is 14.4 Å². The van der Waals surface area contributed by atoms with Gasteiger partial charge in [-0.3, -0.25) is 9.69 Å². The number of fused-ring (bicyclic) bond motifs is 1. The van der Waals surface area contributed by atoms with Crippen LogP contribution < -0.4 is 4.74 Å². The standard InChI is InChI=1S/C20H20N2O6S/c1-5-28-19(25)16-11(2)21-20-22(15(23)10-14(29-20)18(24)27-4)17(16)12-6-8-13(26-3)9-7-12/h6-10,17H,5H2,1-4H3/t17-/m1/s1. The van der Waals surface area contributed by atoms with E-state index in [0.717, 1.165) is 11.8 Å². The summed E-state index contributed by atoms with van der Waals surface area (Å²) in [6, 6.07) is 6.29. The zero-order valence-electron chi connectivity index (χ0n) is 16.4. The number of rotatable bonds is 5. The van der Waals surface area contributed by atoms with Crippen molar-refractivity contribution in [3.63, 3.8) is 0 Å². The number of allylic oxidation sites excluding steroid dienone is 1. The minimum absolute atomic E-state index is 0.133. The van der Waals surface area contributed by atoms with E-state index >= 15 is 0 Å². The van der Waals surface area contributed by atoms with Crippen LogP contribution in [0, 0.1) is 0 Å². The minimum Gasteiger partial charge on any atom is -0.497 e. The molecule has 0 bridgehead atoms. The quantitative estimate of drug-likeness (QED) is 0.681. The molecule has 1 aromatic rings. The summed E-state index contributed by atoms with van der Waals surface area (Å²) in [7, 11) is 2.80. The normalized spacial score (nSPS) is 18.6. The van der Waals surface area contributed by atoms with Crippen LogP contribution in [-0.4, -0.2) is 48.7 Å². The van der Waals surface area contributed by atoms with Gasteiger partial charge in [0, 0.05) is 6.08 Å². The van der Waals surface area contributed by atoms with Crippen molar-refractivity contribution in [2.45, 2.75) is 19.9 Å². The molecule has 0 aromatic heterocycles. The molecule has 0 radical (unpaired) electrons. The van der Waals surface area contributed by atoms with Crippen LogP contribution in [0.25, 0.3) is 0 Å². The smallest absolute Gasteiger partial charge is 0.345 e. The van der Waals surface area contributed by atoms with Gasteiger partial charge in [0.05, 0.1) is 38.1 Å². The number of methoxy groups -OCH3 is 2. The fraction of sp³-hybridized carbons (Fsp3) is 0.300. The number of amidine groups is 1. The number of esters is 2. The summed E-state index contributed by atoms with van der Waals surface area (Å²) >= 11 is 1.02. The maximum atomic E-state index is 12.9. The maximum absolute atomic E-state index is 12.9. The van der Waals surface area contributed by atoms with E-state index in [1.807, 2.05) is 0 Å². The predicted octanol–water partition coefficient (Wildman–Crippen LogP) is 2.58. The summed E-state index contributed by atoms with van der Waals surface area (Å²) in [5.41, 5.74) is 1.37. The zero-order chi connectivity index (χ0) is 21.1. The van der Waals surface area contributed by atoms with Gasteiger partial charge in [-0.1, -0.05) is 12.1 Å². The molecule has 0 spiro atoms. The molecular weight excluding hydrogens is 396 g/mol. The van der Waals surface area contributed by atoms with Crippen molar-refractivity contribution in [1.82, 2.24) is 4.90 Å². The first-order chi connectivity index (χ1) is 13.9. The molecule has 9 heteroatoms. The Morgan fingerprint density at radius 2 is 1.86 bits per heavy atom. The van der Waals surface area contributed by atoms with E-state index in [0.29, 0.717) is 22.2 Å². The van der Waals surface area contributed by atoms with Crippen LogP contribution in [0.4, 0.5) is 0 Å². The van der Waals surface area contributed by atoms with E-state index in [2.05, 4.69) is 4.99 Å². The van der Waals surface area contributed by atoms with Crippen molar-refractivity contribution in [3.8, 4) is 5.75 Å². The molecule has 0 fully saturated rings. The lowest BCUT2D eigenvalue weighted by molar-refractivity contribution is -0.140. The van der Waals surface area contributed by atoms with Gasteiger partial charge in [0.2, 0.25) is 0 Å². The SMILES string of the molecule is CCOC(=O)C1=C(C)N=C2SC(C(=O)OC)=CC(=O)N2[C@@H]1c1ccc(OC)cc1. The molecule has 1 aromatic carbocycles. The Morgan fingerprint density at radius 3 is 2.45 bits per heavy atom. The van der Waals surface area contributed by atoms with E-state index in [4.69, 9.17) is 14.2 Å². The lowest BCUT2D eigenvalue weighted by Gasteiger charge is -2.38. The van der Waals surface area contributed by atoms with Crippen LogP contribution in [0.15, 0.2) is 51.5 Å². The third kappa shape index (κ3) is 3.91. The van der Waals surface area contributed by atoms with Crippen LogP contribution in [0.2, 0.25) is 0 Å². The monoisotopic (exact) mass is 416 g/mol. The highest BCUT2D eigenvalue weighted by atomic mass is 32.2. The summed E-state index contributed by atoms with van der Waals surface area (Å²) in [5, 5.41) is 0.296. The fourth-order valence-electron chi connectivity index (χ4n) is 3.07. The highest BCUT2D eigenvalue weighted by Crippen LogP contribution is 2.42. The Labute approximate surface area is 172 Å². The van der Waals surface area contributed by atoms with E-state index < -0.39 is 23.9 Å². The first kappa shape index (κ1) is 20.7. The van der Waals surface area contributed by atoms with Crippen molar-refractivity contribution in [3.05, 3.63) is 52.1 Å². The number of ether oxygens (including phenoxy) is 3. The van der Waals surface area contributed by atoms with Crippen molar-refractivity contribution < 1.29 is 28.6 Å². The molecular formula is C20H20N2O6S. The molecule has 0 saturated heterocycles. The van der Waals surface area contributed by atoms with Crippen LogP contribution in [0.5, 0.6) is 5.75 Å². The van der Waals surface area contributed by atoms with Crippen molar-refractivity contribution in [2.24, 2.45) is 4.99 Å².